The third-order valence-corrected chi connectivity index (χ3v) is 4.28. The van der Waals surface area contributed by atoms with Crippen LogP contribution < -0.4 is 10.6 Å². The summed E-state index contributed by atoms with van der Waals surface area (Å²) >= 11 is 0. The summed E-state index contributed by atoms with van der Waals surface area (Å²) in [4.78, 5) is 34.3. The van der Waals surface area contributed by atoms with Crippen molar-refractivity contribution in [2.45, 2.75) is 26.2 Å². The number of carbonyl (C=O) groups is 3. The lowest BCUT2D eigenvalue weighted by molar-refractivity contribution is -0.137. The van der Waals surface area contributed by atoms with Crippen LogP contribution in [0.25, 0.3) is 0 Å². The van der Waals surface area contributed by atoms with E-state index >= 15 is 0 Å². The normalized spacial score (nSPS) is 11.5. The lowest BCUT2D eigenvalue weighted by Gasteiger charge is -2.13. The fourth-order valence-corrected chi connectivity index (χ4v) is 2.60. The van der Waals surface area contributed by atoms with Crippen LogP contribution in [0.1, 0.15) is 24.5 Å². The van der Waals surface area contributed by atoms with E-state index in [2.05, 4.69) is 10.6 Å². The zero-order valence-electron chi connectivity index (χ0n) is 15.6. The van der Waals surface area contributed by atoms with Gasteiger partial charge < -0.3 is 15.7 Å². The molecule has 0 spiro atoms. The van der Waals surface area contributed by atoms with Crippen LogP contribution in [0.3, 0.4) is 0 Å². The SMILES string of the molecule is CC(CCc1ccccc1F)C(=O)Nc1ccc(CC(=O)NCC(=O)O)cc1. The average Bonchev–Trinajstić information content (AvgIpc) is 2.67. The summed E-state index contributed by atoms with van der Waals surface area (Å²) in [5.41, 5.74) is 1.89. The zero-order chi connectivity index (χ0) is 20.5. The monoisotopic (exact) mass is 386 g/mol. The third-order valence-electron chi connectivity index (χ3n) is 4.28. The predicted molar refractivity (Wildman–Crippen MR) is 103 cm³/mol. The fourth-order valence-electron chi connectivity index (χ4n) is 2.60. The Kier molecular flexibility index (Phi) is 7.68. The van der Waals surface area contributed by atoms with Crippen molar-refractivity contribution in [3.63, 3.8) is 0 Å². The molecule has 3 N–H and O–H groups in total. The number of halogens is 1. The highest BCUT2D eigenvalue weighted by Gasteiger charge is 2.14. The topological polar surface area (TPSA) is 95.5 Å². The number of rotatable bonds is 9. The van der Waals surface area contributed by atoms with Crippen molar-refractivity contribution in [1.29, 1.82) is 0 Å². The molecule has 0 bridgehead atoms. The maximum absolute atomic E-state index is 13.6. The van der Waals surface area contributed by atoms with Gasteiger partial charge in [-0.1, -0.05) is 37.3 Å². The van der Waals surface area contributed by atoms with Gasteiger partial charge in [0.1, 0.15) is 12.4 Å². The Morgan fingerprint density at radius 2 is 1.75 bits per heavy atom. The van der Waals surface area contributed by atoms with Gasteiger partial charge in [0.25, 0.3) is 0 Å². The fraction of sp³-hybridized carbons (Fsp3) is 0.286. The molecule has 0 saturated carbocycles. The van der Waals surface area contributed by atoms with Crippen LogP contribution in [-0.4, -0.2) is 29.4 Å². The first-order valence-electron chi connectivity index (χ1n) is 8.97. The molecule has 2 amide bonds. The Bertz CT molecular complexity index is 837. The molecular weight excluding hydrogens is 363 g/mol. The van der Waals surface area contributed by atoms with Crippen LogP contribution >= 0.6 is 0 Å². The molecule has 1 unspecified atom stereocenters. The van der Waals surface area contributed by atoms with Crippen molar-refractivity contribution in [3.8, 4) is 0 Å². The van der Waals surface area contributed by atoms with Gasteiger partial charge in [0.2, 0.25) is 11.8 Å². The van der Waals surface area contributed by atoms with Crippen LogP contribution in [0.5, 0.6) is 0 Å². The summed E-state index contributed by atoms with van der Waals surface area (Å²) < 4.78 is 13.6. The van der Waals surface area contributed by atoms with Gasteiger partial charge in [0, 0.05) is 11.6 Å². The molecule has 0 aliphatic heterocycles. The average molecular weight is 386 g/mol. The van der Waals surface area contributed by atoms with Gasteiger partial charge in [0.15, 0.2) is 0 Å². The molecule has 7 heteroatoms. The van der Waals surface area contributed by atoms with Gasteiger partial charge in [-0.25, -0.2) is 4.39 Å². The van der Waals surface area contributed by atoms with Gasteiger partial charge in [0.05, 0.1) is 6.42 Å². The summed E-state index contributed by atoms with van der Waals surface area (Å²) in [5, 5.41) is 13.6. The number of carbonyl (C=O) groups excluding carboxylic acids is 2. The summed E-state index contributed by atoms with van der Waals surface area (Å²) in [7, 11) is 0. The van der Waals surface area contributed by atoms with Crippen LogP contribution in [0.4, 0.5) is 10.1 Å². The molecule has 1 atom stereocenters. The second-order valence-corrected chi connectivity index (χ2v) is 6.56. The van der Waals surface area contributed by atoms with E-state index in [0.29, 0.717) is 29.7 Å². The van der Waals surface area contributed by atoms with Crippen molar-refractivity contribution < 1.29 is 23.9 Å². The van der Waals surface area contributed by atoms with Crippen LogP contribution in [0.2, 0.25) is 0 Å². The Morgan fingerprint density at radius 1 is 1.07 bits per heavy atom. The number of carboxylic acid groups (broad SMARTS) is 1. The number of carboxylic acids is 1. The van der Waals surface area contributed by atoms with Crippen molar-refractivity contribution in [2.24, 2.45) is 5.92 Å². The number of hydrogen-bond donors (Lipinski definition) is 3. The van der Waals surface area contributed by atoms with Crippen molar-refractivity contribution in [2.75, 3.05) is 11.9 Å². The Labute approximate surface area is 162 Å². The second-order valence-electron chi connectivity index (χ2n) is 6.56. The first kappa shape index (κ1) is 21.1. The minimum atomic E-state index is -1.10. The lowest BCUT2D eigenvalue weighted by Crippen LogP contribution is -2.30. The molecule has 0 saturated heterocycles. The van der Waals surface area contributed by atoms with Gasteiger partial charge in [-0.05, 0) is 42.2 Å². The number of benzene rings is 2. The number of aliphatic carboxylic acids is 1. The van der Waals surface area contributed by atoms with Gasteiger partial charge in [-0.15, -0.1) is 0 Å². The van der Waals surface area contributed by atoms with E-state index in [1.807, 2.05) is 0 Å². The molecule has 2 aromatic rings. The molecule has 0 fully saturated rings. The molecular formula is C21H23FN2O4. The van der Waals surface area contributed by atoms with Crippen molar-refractivity contribution >= 4 is 23.5 Å². The lowest BCUT2D eigenvalue weighted by atomic mass is 10.00. The molecule has 0 aliphatic rings. The van der Waals surface area contributed by atoms with E-state index in [9.17, 15) is 18.8 Å². The summed E-state index contributed by atoms with van der Waals surface area (Å²) in [6.45, 7) is 1.37. The predicted octanol–water partition coefficient (Wildman–Crippen LogP) is 2.78. The highest BCUT2D eigenvalue weighted by molar-refractivity contribution is 5.92. The third kappa shape index (κ3) is 6.83. The first-order chi connectivity index (χ1) is 13.3. The molecule has 28 heavy (non-hydrogen) atoms. The maximum Gasteiger partial charge on any atom is 0.322 e. The second kappa shape index (κ2) is 10.2. The summed E-state index contributed by atoms with van der Waals surface area (Å²) in [6, 6.07) is 13.3. The number of amides is 2. The van der Waals surface area contributed by atoms with Gasteiger partial charge in [-0.2, -0.15) is 0 Å². The molecule has 0 aliphatic carbocycles. The van der Waals surface area contributed by atoms with E-state index < -0.39 is 12.5 Å². The smallest absolute Gasteiger partial charge is 0.322 e. The van der Waals surface area contributed by atoms with Crippen LogP contribution in [0.15, 0.2) is 48.5 Å². The van der Waals surface area contributed by atoms with Gasteiger partial charge in [-0.3, -0.25) is 14.4 Å². The quantitative estimate of drug-likeness (QED) is 0.618. The molecule has 6 nitrogen and oxygen atoms in total. The number of aryl methyl sites for hydroxylation is 1. The minimum absolute atomic E-state index is 0.0561. The standard InChI is InChI=1S/C21H23FN2O4/c1-14(6-9-16-4-2-3-5-18(16)22)21(28)24-17-10-7-15(8-11-17)12-19(25)23-13-20(26)27/h2-5,7-8,10-11,14H,6,9,12-13H2,1H3,(H,23,25)(H,24,28)(H,26,27). The molecule has 2 aromatic carbocycles. The molecule has 0 radical (unpaired) electrons. The molecule has 2 rings (SSSR count). The minimum Gasteiger partial charge on any atom is -0.480 e. The highest BCUT2D eigenvalue weighted by atomic mass is 19.1. The van der Waals surface area contributed by atoms with E-state index in [1.165, 1.54) is 6.07 Å². The zero-order valence-corrected chi connectivity index (χ0v) is 15.6. The number of hydrogen-bond acceptors (Lipinski definition) is 3. The number of nitrogens with one attached hydrogen (secondary N) is 2. The molecule has 0 heterocycles. The largest absolute Gasteiger partial charge is 0.480 e. The summed E-state index contributed by atoms with van der Waals surface area (Å²) in [5.74, 6) is -2.21. The Morgan fingerprint density at radius 3 is 2.39 bits per heavy atom. The van der Waals surface area contributed by atoms with Gasteiger partial charge >= 0.3 is 5.97 Å². The van der Waals surface area contributed by atoms with E-state index in [4.69, 9.17) is 5.11 Å². The maximum atomic E-state index is 13.6. The highest BCUT2D eigenvalue weighted by Crippen LogP contribution is 2.16. The number of anilines is 1. The van der Waals surface area contributed by atoms with Crippen LogP contribution in [0, 0.1) is 11.7 Å². The summed E-state index contributed by atoms with van der Waals surface area (Å²) in [6.07, 6.45) is 1.06. The van der Waals surface area contributed by atoms with E-state index in [0.717, 1.165) is 0 Å². The Balaban J connectivity index is 1.82. The van der Waals surface area contributed by atoms with Crippen molar-refractivity contribution in [3.05, 3.63) is 65.5 Å². The van der Waals surface area contributed by atoms with Crippen molar-refractivity contribution in [1.82, 2.24) is 5.32 Å². The molecule has 0 aromatic heterocycles. The van der Waals surface area contributed by atoms with Crippen LogP contribution in [-0.2, 0) is 27.2 Å². The first-order valence-corrected chi connectivity index (χ1v) is 8.97. The van der Waals surface area contributed by atoms with E-state index in [1.54, 1.807) is 49.4 Å². The Hall–Kier alpha value is -3.22. The molecule has 148 valence electrons. The van der Waals surface area contributed by atoms with E-state index in [-0.39, 0.29) is 30.0 Å².